The number of thiazole rings is 1. The minimum Gasteiger partial charge on any atom is -0.358 e. The molecule has 4 rings (SSSR count). The van der Waals surface area contributed by atoms with E-state index in [0.29, 0.717) is 16.7 Å². The molecule has 4 aromatic heterocycles. The molecule has 9 nitrogen and oxygen atoms in total. The molecule has 0 aliphatic carbocycles. The first kappa shape index (κ1) is 14.3. The van der Waals surface area contributed by atoms with E-state index in [9.17, 15) is 10.1 Å². The van der Waals surface area contributed by atoms with E-state index in [-0.39, 0.29) is 10.8 Å². The van der Waals surface area contributed by atoms with E-state index in [4.69, 9.17) is 0 Å². The topological polar surface area (TPSA) is 104 Å². The zero-order valence-electron chi connectivity index (χ0n) is 11.3. The molecule has 12 heteroatoms. The van der Waals surface area contributed by atoms with Gasteiger partial charge in [-0.15, -0.1) is 16.4 Å². The smallest absolute Gasteiger partial charge is 0.358 e. The lowest BCUT2D eigenvalue weighted by molar-refractivity contribution is -0.393. The third-order valence-electron chi connectivity index (χ3n) is 2.95. The van der Waals surface area contributed by atoms with Gasteiger partial charge in [-0.05, 0) is 38.6 Å². The van der Waals surface area contributed by atoms with Crippen LogP contribution in [0.25, 0.3) is 4.96 Å². The van der Waals surface area contributed by atoms with E-state index in [1.165, 1.54) is 15.7 Å². The Labute approximate surface area is 140 Å². The van der Waals surface area contributed by atoms with E-state index in [1.54, 1.807) is 27.6 Å². The standard InChI is InChI=1S/C11H7N7O2S3/c19-18(20)9-8(12-10-16(9)3-5-22-10)23-11-13-14-15-17(11)6-7-2-1-4-21-7/h1-5H,6H2. The van der Waals surface area contributed by atoms with Crippen LogP contribution >= 0.6 is 34.4 Å². The zero-order chi connectivity index (χ0) is 15.8. The summed E-state index contributed by atoms with van der Waals surface area (Å²) in [5.74, 6) is -0.0723. The minimum atomic E-state index is -0.442. The molecule has 4 heterocycles. The van der Waals surface area contributed by atoms with Crippen LogP contribution in [-0.4, -0.2) is 34.5 Å². The van der Waals surface area contributed by atoms with E-state index in [2.05, 4.69) is 20.5 Å². The molecular weight excluding hydrogens is 358 g/mol. The number of imidazole rings is 1. The van der Waals surface area contributed by atoms with Crippen molar-refractivity contribution in [1.82, 2.24) is 29.6 Å². The fourth-order valence-corrected chi connectivity index (χ4v) is 4.30. The maximum atomic E-state index is 11.3. The first-order chi connectivity index (χ1) is 11.2. The molecule has 116 valence electrons. The SMILES string of the molecule is O=[N+]([O-])c1c(Sc2nnnn2Cc2cccs2)nc2sccn12. The number of hydrogen-bond acceptors (Lipinski definition) is 9. The highest BCUT2D eigenvalue weighted by Crippen LogP contribution is 2.35. The Hall–Kier alpha value is -2.31. The van der Waals surface area contributed by atoms with Gasteiger partial charge in [-0.2, -0.15) is 9.38 Å². The van der Waals surface area contributed by atoms with Crippen molar-refractivity contribution in [2.24, 2.45) is 0 Å². The molecule has 0 N–H and O–H groups in total. The van der Waals surface area contributed by atoms with Crippen molar-refractivity contribution in [3.05, 3.63) is 44.1 Å². The van der Waals surface area contributed by atoms with Crippen LogP contribution in [0, 0.1) is 10.1 Å². The predicted molar refractivity (Wildman–Crippen MR) is 85.1 cm³/mol. The summed E-state index contributed by atoms with van der Waals surface area (Å²) in [7, 11) is 0. The van der Waals surface area contributed by atoms with E-state index in [0.717, 1.165) is 16.6 Å². The van der Waals surface area contributed by atoms with Crippen LogP contribution in [0.1, 0.15) is 4.88 Å². The molecule has 0 bridgehead atoms. The second kappa shape index (κ2) is 5.72. The third-order valence-corrected chi connectivity index (χ3v) is 5.51. The second-order valence-corrected chi connectivity index (χ2v) is 7.22. The molecule has 0 atom stereocenters. The maximum absolute atomic E-state index is 11.3. The van der Waals surface area contributed by atoms with Gasteiger partial charge in [0.1, 0.15) is 6.20 Å². The summed E-state index contributed by atoms with van der Waals surface area (Å²) in [5, 5.41) is 27.4. The molecule has 0 saturated carbocycles. The molecule has 0 aliphatic heterocycles. The molecular formula is C11H7N7O2S3. The molecule has 23 heavy (non-hydrogen) atoms. The van der Waals surface area contributed by atoms with Crippen molar-refractivity contribution in [3.8, 4) is 0 Å². The van der Waals surface area contributed by atoms with Gasteiger partial charge in [-0.1, -0.05) is 17.4 Å². The fraction of sp³-hybridized carbons (Fsp3) is 0.0909. The quantitative estimate of drug-likeness (QED) is 0.395. The van der Waals surface area contributed by atoms with Crippen LogP contribution in [0.2, 0.25) is 0 Å². The Morgan fingerprint density at radius 1 is 1.35 bits per heavy atom. The van der Waals surface area contributed by atoms with Gasteiger partial charge in [0.15, 0.2) is 0 Å². The largest absolute Gasteiger partial charge is 0.363 e. The van der Waals surface area contributed by atoms with Crippen LogP contribution in [0.15, 0.2) is 39.3 Å². The van der Waals surface area contributed by atoms with E-state index >= 15 is 0 Å². The lowest BCUT2D eigenvalue weighted by Crippen LogP contribution is -2.02. The highest BCUT2D eigenvalue weighted by Gasteiger charge is 2.26. The summed E-state index contributed by atoms with van der Waals surface area (Å²) in [6.45, 7) is 0.517. The zero-order valence-corrected chi connectivity index (χ0v) is 13.7. The Bertz CT molecular complexity index is 971. The average molecular weight is 365 g/mol. The van der Waals surface area contributed by atoms with Gasteiger partial charge in [0.05, 0.1) is 6.54 Å². The van der Waals surface area contributed by atoms with Gasteiger partial charge in [-0.3, -0.25) is 0 Å². The summed E-state index contributed by atoms with van der Waals surface area (Å²) in [5.41, 5.74) is 0. The van der Waals surface area contributed by atoms with Gasteiger partial charge in [0.2, 0.25) is 10.2 Å². The summed E-state index contributed by atoms with van der Waals surface area (Å²) < 4.78 is 3.06. The molecule has 0 saturated heterocycles. The van der Waals surface area contributed by atoms with Crippen LogP contribution in [0.4, 0.5) is 5.82 Å². The van der Waals surface area contributed by atoms with Crippen LogP contribution < -0.4 is 0 Å². The predicted octanol–water partition coefficient (Wildman–Crippen LogP) is 2.55. The average Bonchev–Trinajstić information content (AvgIpc) is 3.25. The van der Waals surface area contributed by atoms with Crippen molar-refractivity contribution >= 4 is 45.2 Å². The highest BCUT2D eigenvalue weighted by atomic mass is 32.2. The van der Waals surface area contributed by atoms with Crippen molar-refractivity contribution < 1.29 is 4.92 Å². The normalized spacial score (nSPS) is 11.3. The fourth-order valence-electron chi connectivity index (χ4n) is 1.99. The highest BCUT2D eigenvalue weighted by molar-refractivity contribution is 7.99. The van der Waals surface area contributed by atoms with Gasteiger partial charge in [0, 0.05) is 10.3 Å². The van der Waals surface area contributed by atoms with Crippen LogP contribution in [-0.2, 0) is 6.54 Å². The summed E-state index contributed by atoms with van der Waals surface area (Å²) in [4.78, 5) is 16.9. The summed E-state index contributed by atoms with van der Waals surface area (Å²) in [6, 6.07) is 3.93. The number of rotatable bonds is 5. The number of hydrogen-bond donors (Lipinski definition) is 0. The number of fused-ring (bicyclic) bond motifs is 1. The lowest BCUT2D eigenvalue weighted by Gasteiger charge is -2.01. The number of aromatic nitrogens is 6. The summed E-state index contributed by atoms with van der Waals surface area (Å²) in [6.07, 6.45) is 1.63. The maximum Gasteiger partial charge on any atom is 0.363 e. The Morgan fingerprint density at radius 3 is 3.04 bits per heavy atom. The molecule has 0 amide bonds. The second-order valence-electron chi connectivity index (χ2n) is 4.35. The molecule has 0 fully saturated rings. The lowest BCUT2D eigenvalue weighted by atomic mass is 10.5. The van der Waals surface area contributed by atoms with Crippen LogP contribution in [0.3, 0.4) is 0 Å². The summed E-state index contributed by atoms with van der Waals surface area (Å²) >= 11 is 4.03. The van der Waals surface area contributed by atoms with Crippen molar-refractivity contribution in [3.63, 3.8) is 0 Å². The minimum absolute atomic E-state index is 0.0723. The van der Waals surface area contributed by atoms with Gasteiger partial charge in [-0.25, -0.2) is 4.68 Å². The Kier molecular flexibility index (Phi) is 3.55. The Morgan fingerprint density at radius 2 is 2.26 bits per heavy atom. The number of nitrogens with zero attached hydrogens (tertiary/aromatic N) is 7. The Balaban J connectivity index is 1.69. The first-order valence-electron chi connectivity index (χ1n) is 6.28. The molecule has 0 spiro atoms. The van der Waals surface area contributed by atoms with Gasteiger partial charge in [0.25, 0.3) is 4.96 Å². The number of tetrazole rings is 1. The van der Waals surface area contributed by atoms with Gasteiger partial charge < -0.3 is 10.1 Å². The van der Waals surface area contributed by atoms with Crippen molar-refractivity contribution in [2.45, 2.75) is 16.7 Å². The van der Waals surface area contributed by atoms with Crippen LogP contribution in [0.5, 0.6) is 0 Å². The van der Waals surface area contributed by atoms with Crippen molar-refractivity contribution in [2.75, 3.05) is 0 Å². The third kappa shape index (κ3) is 2.60. The molecule has 0 unspecified atom stereocenters. The molecule has 4 aromatic rings. The molecule has 0 aromatic carbocycles. The number of thiophene rings is 1. The van der Waals surface area contributed by atoms with Gasteiger partial charge >= 0.3 is 5.82 Å². The van der Waals surface area contributed by atoms with Crippen molar-refractivity contribution in [1.29, 1.82) is 0 Å². The molecule has 0 aliphatic rings. The monoisotopic (exact) mass is 365 g/mol. The molecule has 0 radical (unpaired) electrons. The van der Waals surface area contributed by atoms with E-state index < -0.39 is 4.92 Å². The van der Waals surface area contributed by atoms with E-state index in [1.807, 2.05) is 17.5 Å². The number of nitro groups is 1. The first-order valence-corrected chi connectivity index (χ1v) is 8.86.